The van der Waals surface area contributed by atoms with Crippen LogP contribution in [0.25, 0.3) is 0 Å². The third kappa shape index (κ3) is 4.88. The molecule has 0 aliphatic carbocycles. The van der Waals surface area contributed by atoms with Crippen LogP contribution < -0.4 is 10.6 Å². The number of rotatable bonds is 7. The van der Waals surface area contributed by atoms with Crippen molar-refractivity contribution in [2.24, 2.45) is 5.92 Å². The first-order valence-corrected chi connectivity index (χ1v) is 7.50. The van der Waals surface area contributed by atoms with Gasteiger partial charge in [-0.2, -0.15) is 5.10 Å². The number of nitrogens with one attached hydrogen (secondary N) is 2. The first-order chi connectivity index (χ1) is 9.86. The molecule has 0 aromatic carbocycles. The summed E-state index contributed by atoms with van der Waals surface area (Å²) < 4.78 is 1.71. The summed E-state index contributed by atoms with van der Waals surface area (Å²) in [6.45, 7) is 11.2. The third-order valence-electron chi connectivity index (χ3n) is 3.16. The standard InChI is InChI=1S/C15H26N4O2/c1-6-19-13(9-12(18-19)10(2)3)15(21)17-8-7-16-14(20)11(4)5/h9-11H,6-8H2,1-5H3,(H,16,20)(H,17,21). The molecule has 0 radical (unpaired) electrons. The summed E-state index contributed by atoms with van der Waals surface area (Å²) in [6.07, 6.45) is 0. The van der Waals surface area contributed by atoms with Gasteiger partial charge in [-0.05, 0) is 18.9 Å². The number of hydrogen-bond donors (Lipinski definition) is 2. The van der Waals surface area contributed by atoms with Crippen molar-refractivity contribution >= 4 is 11.8 Å². The van der Waals surface area contributed by atoms with Gasteiger partial charge in [0.25, 0.3) is 5.91 Å². The fourth-order valence-electron chi connectivity index (χ4n) is 1.80. The number of aromatic nitrogens is 2. The van der Waals surface area contributed by atoms with E-state index in [0.29, 0.717) is 25.3 Å². The van der Waals surface area contributed by atoms with Gasteiger partial charge in [-0.1, -0.05) is 27.7 Å². The molecular formula is C15H26N4O2. The van der Waals surface area contributed by atoms with Gasteiger partial charge in [-0.15, -0.1) is 0 Å². The minimum atomic E-state index is -0.157. The highest BCUT2D eigenvalue weighted by atomic mass is 16.2. The zero-order chi connectivity index (χ0) is 16.0. The molecule has 0 atom stereocenters. The number of carbonyl (C=O) groups excluding carboxylic acids is 2. The molecule has 0 saturated carbocycles. The molecule has 2 N–H and O–H groups in total. The van der Waals surface area contributed by atoms with Crippen molar-refractivity contribution in [2.45, 2.75) is 47.1 Å². The average molecular weight is 294 g/mol. The molecule has 0 aliphatic rings. The molecule has 0 aliphatic heterocycles. The zero-order valence-corrected chi connectivity index (χ0v) is 13.6. The highest BCUT2D eigenvalue weighted by molar-refractivity contribution is 5.92. The second-order valence-electron chi connectivity index (χ2n) is 5.63. The average Bonchev–Trinajstić information content (AvgIpc) is 2.87. The number of nitrogens with zero attached hydrogens (tertiary/aromatic N) is 2. The van der Waals surface area contributed by atoms with E-state index in [2.05, 4.69) is 15.7 Å². The van der Waals surface area contributed by atoms with Gasteiger partial charge >= 0.3 is 0 Å². The summed E-state index contributed by atoms with van der Waals surface area (Å²) in [5.41, 5.74) is 1.48. The predicted molar refractivity (Wildman–Crippen MR) is 82.2 cm³/mol. The fourth-order valence-corrected chi connectivity index (χ4v) is 1.80. The Morgan fingerprint density at radius 1 is 1.19 bits per heavy atom. The first-order valence-electron chi connectivity index (χ1n) is 7.50. The van der Waals surface area contributed by atoms with Crippen molar-refractivity contribution in [3.05, 3.63) is 17.5 Å². The van der Waals surface area contributed by atoms with Crippen molar-refractivity contribution in [3.63, 3.8) is 0 Å². The Hall–Kier alpha value is -1.85. The SMILES string of the molecule is CCn1nc(C(C)C)cc1C(=O)NCCNC(=O)C(C)C. The van der Waals surface area contributed by atoms with Gasteiger partial charge in [-0.25, -0.2) is 0 Å². The molecule has 0 bridgehead atoms. The van der Waals surface area contributed by atoms with E-state index in [0.717, 1.165) is 5.69 Å². The number of carbonyl (C=O) groups is 2. The summed E-state index contributed by atoms with van der Waals surface area (Å²) >= 11 is 0. The van der Waals surface area contributed by atoms with Gasteiger partial charge in [-0.3, -0.25) is 14.3 Å². The third-order valence-corrected chi connectivity index (χ3v) is 3.16. The van der Waals surface area contributed by atoms with Crippen molar-refractivity contribution in [3.8, 4) is 0 Å². The lowest BCUT2D eigenvalue weighted by atomic mass is 10.1. The first kappa shape index (κ1) is 17.2. The van der Waals surface area contributed by atoms with Gasteiger partial charge in [0.2, 0.25) is 5.91 Å². The van der Waals surface area contributed by atoms with Crippen LogP contribution in [0.4, 0.5) is 0 Å². The molecular weight excluding hydrogens is 268 g/mol. The summed E-state index contributed by atoms with van der Waals surface area (Å²) in [5.74, 6) is 0.0745. The van der Waals surface area contributed by atoms with E-state index in [1.54, 1.807) is 4.68 Å². The Kier molecular flexibility index (Phi) is 6.39. The quantitative estimate of drug-likeness (QED) is 0.749. The van der Waals surface area contributed by atoms with Gasteiger partial charge < -0.3 is 10.6 Å². The van der Waals surface area contributed by atoms with Crippen molar-refractivity contribution in [1.29, 1.82) is 0 Å². The maximum Gasteiger partial charge on any atom is 0.269 e. The van der Waals surface area contributed by atoms with E-state index in [-0.39, 0.29) is 23.7 Å². The zero-order valence-electron chi connectivity index (χ0n) is 13.6. The molecule has 6 heteroatoms. The summed E-state index contributed by atoms with van der Waals surface area (Å²) in [4.78, 5) is 23.6. The minimum Gasteiger partial charge on any atom is -0.354 e. The van der Waals surface area contributed by atoms with Crippen LogP contribution in [0.3, 0.4) is 0 Å². The van der Waals surface area contributed by atoms with Crippen LogP contribution in [0, 0.1) is 5.92 Å². The Bertz CT molecular complexity index is 492. The van der Waals surface area contributed by atoms with Gasteiger partial charge in [0, 0.05) is 25.6 Å². The molecule has 1 aromatic heterocycles. The molecule has 6 nitrogen and oxygen atoms in total. The molecule has 118 valence electrons. The summed E-state index contributed by atoms with van der Waals surface area (Å²) in [5, 5.41) is 9.99. The van der Waals surface area contributed by atoms with Crippen molar-refractivity contribution in [2.75, 3.05) is 13.1 Å². The van der Waals surface area contributed by atoms with Crippen LogP contribution >= 0.6 is 0 Å². The highest BCUT2D eigenvalue weighted by Crippen LogP contribution is 2.14. The molecule has 1 heterocycles. The second kappa shape index (κ2) is 7.81. The van der Waals surface area contributed by atoms with Crippen LogP contribution in [0.1, 0.15) is 56.7 Å². The lowest BCUT2D eigenvalue weighted by Crippen LogP contribution is -2.37. The summed E-state index contributed by atoms with van der Waals surface area (Å²) in [6, 6.07) is 1.83. The molecule has 0 saturated heterocycles. The van der Waals surface area contributed by atoms with E-state index in [4.69, 9.17) is 0 Å². The van der Waals surface area contributed by atoms with Gasteiger partial charge in [0.05, 0.1) is 5.69 Å². The summed E-state index contributed by atoms with van der Waals surface area (Å²) in [7, 11) is 0. The Balaban J connectivity index is 2.54. The maximum absolute atomic E-state index is 12.2. The number of aryl methyl sites for hydroxylation is 1. The number of hydrogen-bond acceptors (Lipinski definition) is 3. The molecule has 1 rings (SSSR count). The maximum atomic E-state index is 12.2. The van der Waals surface area contributed by atoms with Crippen molar-refractivity contribution < 1.29 is 9.59 Å². The van der Waals surface area contributed by atoms with Crippen LogP contribution in [-0.4, -0.2) is 34.7 Å². The monoisotopic (exact) mass is 294 g/mol. The van der Waals surface area contributed by atoms with E-state index in [1.165, 1.54) is 0 Å². The predicted octanol–water partition coefficient (Wildman–Crippen LogP) is 1.53. The van der Waals surface area contributed by atoms with E-state index in [1.807, 2.05) is 40.7 Å². The van der Waals surface area contributed by atoms with Crippen molar-refractivity contribution in [1.82, 2.24) is 20.4 Å². The van der Waals surface area contributed by atoms with Crippen LogP contribution in [0.5, 0.6) is 0 Å². The van der Waals surface area contributed by atoms with E-state index < -0.39 is 0 Å². The topological polar surface area (TPSA) is 76.0 Å². The second-order valence-corrected chi connectivity index (χ2v) is 5.63. The highest BCUT2D eigenvalue weighted by Gasteiger charge is 2.15. The minimum absolute atomic E-state index is 0.00931. The number of amides is 2. The molecule has 0 spiro atoms. The molecule has 2 amide bonds. The molecule has 0 fully saturated rings. The van der Waals surface area contributed by atoms with E-state index in [9.17, 15) is 9.59 Å². The molecule has 21 heavy (non-hydrogen) atoms. The Morgan fingerprint density at radius 2 is 1.81 bits per heavy atom. The van der Waals surface area contributed by atoms with Gasteiger partial charge in [0.15, 0.2) is 0 Å². The van der Waals surface area contributed by atoms with Crippen LogP contribution in [0.15, 0.2) is 6.07 Å². The largest absolute Gasteiger partial charge is 0.354 e. The Labute approximate surface area is 126 Å². The van der Waals surface area contributed by atoms with E-state index >= 15 is 0 Å². The normalized spacial score (nSPS) is 11.0. The lowest BCUT2D eigenvalue weighted by molar-refractivity contribution is -0.123. The molecule has 1 aromatic rings. The van der Waals surface area contributed by atoms with Crippen LogP contribution in [-0.2, 0) is 11.3 Å². The van der Waals surface area contributed by atoms with Crippen LogP contribution in [0.2, 0.25) is 0 Å². The fraction of sp³-hybridized carbons (Fsp3) is 0.667. The molecule has 0 unspecified atom stereocenters. The smallest absolute Gasteiger partial charge is 0.269 e. The Morgan fingerprint density at radius 3 is 2.33 bits per heavy atom. The lowest BCUT2D eigenvalue weighted by Gasteiger charge is -2.09. The van der Waals surface area contributed by atoms with Gasteiger partial charge in [0.1, 0.15) is 5.69 Å².